The van der Waals surface area contributed by atoms with E-state index in [1.54, 1.807) is 0 Å². The molecule has 1 aliphatic carbocycles. The number of aryl methyl sites for hydroxylation is 1. The standard InChI is InChI=1S/C14H22N2O/c1-10(2)9-16-13-6-4-3-5-11(13)7-12(8-15)14(16)17/h7,10H,3-6,8-9,15H2,1-2H3. The van der Waals surface area contributed by atoms with Crippen LogP contribution in [0.25, 0.3) is 0 Å². The van der Waals surface area contributed by atoms with Gasteiger partial charge < -0.3 is 10.3 Å². The molecule has 1 aliphatic rings. The van der Waals surface area contributed by atoms with E-state index in [4.69, 9.17) is 5.73 Å². The summed E-state index contributed by atoms with van der Waals surface area (Å²) in [6, 6.07) is 2.04. The van der Waals surface area contributed by atoms with E-state index >= 15 is 0 Å². The quantitative estimate of drug-likeness (QED) is 0.867. The average Bonchev–Trinajstić information content (AvgIpc) is 2.32. The molecule has 0 unspecified atom stereocenters. The number of fused-ring (bicyclic) bond motifs is 1. The molecule has 0 radical (unpaired) electrons. The van der Waals surface area contributed by atoms with Gasteiger partial charge in [-0.1, -0.05) is 13.8 Å². The summed E-state index contributed by atoms with van der Waals surface area (Å²) in [5.74, 6) is 0.492. The maximum absolute atomic E-state index is 12.3. The lowest BCUT2D eigenvalue weighted by atomic mass is 9.94. The summed E-state index contributed by atoms with van der Waals surface area (Å²) >= 11 is 0. The van der Waals surface area contributed by atoms with Gasteiger partial charge in [-0.15, -0.1) is 0 Å². The maximum Gasteiger partial charge on any atom is 0.255 e. The molecule has 0 spiro atoms. The van der Waals surface area contributed by atoms with E-state index in [1.807, 2.05) is 10.6 Å². The van der Waals surface area contributed by atoms with E-state index < -0.39 is 0 Å². The molecular formula is C14H22N2O. The summed E-state index contributed by atoms with van der Waals surface area (Å²) < 4.78 is 1.97. The fourth-order valence-electron chi connectivity index (χ4n) is 2.65. The van der Waals surface area contributed by atoms with Crippen LogP contribution in [-0.4, -0.2) is 4.57 Å². The molecule has 0 amide bonds. The summed E-state index contributed by atoms with van der Waals surface area (Å²) in [7, 11) is 0. The molecule has 1 aromatic rings. The Bertz CT molecular complexity index is 460. The van der Waals surface area contributed by atoms with Crippen LogP contribution < -0.4 is 11.3 Å². The highest BCUT2D eigenvalue weighted by atomic mass is 16.1. The lowest BCUT2D eigenvalue weighted by Crippen LogP contribution is -2.32. The third kappa shape index (κ3) is 2.44. The molecule has 0 aromatic carbocycles. The molecule has 2 rings (SSSR count). The Morgan fingerprint density at radius 3 is 2.71 bits per heavy atom. The topological polar surface area (TPSA) is 48.0 Å². The van der Waals surface area contributed by atoms with E-state index in [0.717, 1.165) is 24.9 Å². The highest BCUT2D eigenvalue weighted by Gasteiger charge is 2.17. The van der Waals surface area contributed by atoms with Crippen molar-refractivity contribution in [2.45, 2.75) is 52.6 Å². The third-order valence-corrected chi connectivity index (χ3v) is 3.44. The molecule has 0 fully saturated rings. The van der Waals surface area contributed by atoms with Gasteiger partial charge in [0.25, 0.3) is 5.56 Å². The van der Waals surface area contributed by atoms with Crippen LogP contribution in [0.2, 0.25) is 0 Å². The second-order valence-corrected chi connectivity index (χ2v) is 5.36. The van der Waals surface area contributed by atoms with E-state index in [0.29, 0.717) is 12.5 Å². The van der Waals surface area contributed by atoms with Gasteiger partial charge in [-0.05, 0) is 43.2 Å². The Morgan fingerprint density at radius 2 is 2.06 bits per heavy atom. The molecule has 0 aliphatic heterocycles. The van der Waals surface area contributed by atoms with Crippen LogP contribution in [0.5, 0.6) is 0 Å². The van der Waals surface area contributed by atoms with Gasteiger partial charge in [0.05, 0.1) is 0 Å². The summed E-state index contributed by atoms with van der Waals surface area (Å²) in [6.07, 6.45) is 4.58. The van der Waals surface area contributed by atoms with Crippen LogP contribution in [0, 0.1) is 5.92 Å². The maximum atomic E-state index is 12.3. The molecule has 3 heteroatoms. The van der Waals surface area contributed by atoms with Crippen LogP contribution in [0.4, 0.5) is 0 Å². The van der Waals surface area contributed by atoms with Crippen molar-refractivity contribution in [3.05, 3.63) is 33.2 Å². The Kier molecular flexibility index (Phi) is 3.67. The van der Waals surface area contributed by atoms with Gasteiger partial charge in [0.1, 0.15) is 0 Å². The number of nitrogens with two attached hydrogens (primary N) is 1. The molecule has 0 atom stereocenters. The van der Waals surface area contributed by atoms with Crippen molar-refractivity contribution in [2.24, 2.45) is 11.7 Å². The summed E-state index contributed by atoms with van der Waals surface area (Å²) in [5.41, 5.74) is 9.17. The number of hydrogen-bond acceptors (Lipinski definition) is 2. The number of aromatic nitrogens is 1. The first-order valence-electron chi connectivity index (χ1n) is 6.58. The van der Waals surface area contributed by atoms with Gasteiger partial charge in [-0.25, -0.2) is 0 Å². The van der Waals surface area contributed by atoms with Crippen molar-refractivity contribution in [3.63, 3.8) is 0 Å². The van der Waals surface area contributed by atoms with Crippen molar-refractivity contribution in [2.75, 3.05) is 0 Å². The van der Waals surface area contributed by atoms with Crippen LogP contribution in [-0.2, 0) is 25.9 Å². The summed E-state index contributed by atoms with van der Waals surface area (Å²) in [4.78, 5) is 12.3. The molecule has 3 nitrogen and oxygen atoms in total. The first kappa shape index (κ1) is 12.4. The van der Waals surface area contributed by atoms with Crippen molar-refractivity contribution in [3.8, 4) is 0 Å². The van der Waals surface area contributed by atoms with Crippen molar-refractivity contribution < 1.29 is 0 Å². The van der Waals surface area contributed by atoms with Gasteiger partial charge in [0, 0.05) is 24.3 Å². The predicted octanol–water partition coefficient (Wildman–Crippen LogP) is 1.84. The minimum absolute atomic E-state index is 0.127. The Hall–Kier alpha value is -1.09. The van der Waals surface area contributed by atoms with Crippen molar-refractivity contribution in [1.82, 2.24) is 4.57 Å². The van der Waals surface area contributed by atoms with Gasteiger partial charge in [0.15, 0.2) is 0 Å². The Morgan fingerprint density at radius 1 is 1.35 bits per heavy atom. The number of rotatable bonds is 3. The smallest absolute Gasteiger partial charge is 0.255 e. The highest BCUT2D eigenvalue weighted by Crippen LogP contribution is 2.21. The second kappa shape index (κ2) is 5.05. The first-order valence-corrected chi connectivity index (χ1v) is 6.58. The Labute approximate surface area is 103 Å². The summed E-state index contributed by atoms with van der Waals surface area (Å²) in [5, 5.41) is 0. The van der Waals surface area contributed by atoms with Crippen LogP contribution in [0.15, 0.2) is 10.9 Å². The molecule has 0 bridgehead atoms. The van der Waals surface area contributed by atoms with Gasteiger partial charge in [-0.3, -0.25) is 4.79 Å². The average molecular weight is 234 g/mol. The minimum atomic E-state index is 0.127. The van der Waals surface area contributed by atoms with E-state index in [-0.39, 0.29) is 5.56 Å². The zero-order valence-electron chi connectivity index (χ0n) is 10.8. The van der Waals surface area contributed by atoms with Crippen LogP contribution in [0.3, 0.4) is 0 Å². The zero-order valence-corrected chi connectivity index (χ0v) is 10.8. The zero-order chi connectivity index (χ0) is 12.4. The number of hydrogen-bond donors (Lipinski definition) is 1. The van der Waals surface area contributed by atoms with Crippen LogP contribution >= 0.6 is 0 Å². The molecule has 1 aromatic heterocycles. The van der Waals surface area contributed by atoms with Crippen molar-refractivity contribution in [1.29, 1.82) is 0 Å². The van der Waals surface area contributed by atoms with Crippen LogP contribution in [0.1, 0.15) is 43.5 Å². The SMILES string of the molecule is CC(C)Cn1c2c(cc(CN)c1=O)CCCC2. The molecule has 2 N–H and O–H groups in total. The molecule has 1 heterocycles. The van der Waals surface area contributed by atoms with E-state index in [2.05, 4.69) is 13.8 Å². The lowest BCUT2D eigenvalue weighted by molar-refractivity contribution is 0.477. The summed E-state index contributed by atoms with van der Waals surface area (Å²) in [6.45, 7) is 5.47. The number of pyridine rings is 1. The first-order chi connectivity index (χ1) is 8.13. The molecule has 94 valence electrons. The largest absolute Gasteiger partial charge is 0.326 e. The van der Waals surface area contributed by atoms with Gasteiger partial charge in [-0.2, -0.15) is 0 Å². The third-order valence-electron chi connectivity index (χ3n) is 3.44. The Balaban J connectivity index is 2.55. The highest BCUT2D eigenvalue weighted by molar-refractivity contribution is 5.29. The fourth-order valence-corrected chi connectivity index (χ4v) is 2.65. The van der Waals surface area contributed by atoms with E-state index in [1.165, 1.54) is 24.1 Å². The van der Waals surface area contributed by atoms with Crippen molar-refractivity contribution >= 4 is 0 Å². The van der Waals surface area contributed by atoms with Gasteiger partial charge >= 0.3 is 0 Å². The normalized spacial score (nSPS) is 15.1. The molecular weight excluding hydrogens is 212 g/mol. The van der Waals surface area contributed by atoms with E-state index in [9.17, 15) is 4.79 Å². The lowest BCUT2D eigenvalue weighted by Gasteiger charge is -2.23. The molecule has 0 saturated carbocycles. The second-order valence-electron chi connectivity index (χ2n) is 5.36. The molecule has 0 saturated heterocycles. The van der Waals surface area contributed by atoms with Gasteiger partial charge in [0.2, 0.25) is 0 Å². The predicted molar refractivity (Wildman–Crippen MR) is 70.1 cm³/mol. The monoisotopic (exact) mass is 234 g/mol. The fraction of sp³-hybridized carbons (Fsp3) is 0.643. The number of nitrogens with zero attached hydrogens (tertiary/aromatic N) is 1. The minimum Gasteiger partial charge on any atom is -0.326 e. The molecule has 17 heavy (non-hydrogen) atoms.